The Morgan fingerprint density at radius 1 is 0.341 bits per heavy atom. The Labute approximate surface area is 256 Å². The third-order valence-electron chi connectivity index (χ3n) is 8.89. The van der Waals surface area contributed by atoms with Gasteiger partial charge in [0.25, 0.3) is 0 Å². The number of hydrogen-bond acceptors (Lipinski definition) is 2. The van der Waals surface area contributed by atoms with Crippen LogP contribution in [0.5, 0.6) is 11.5 Å². The van der Waals surface area contributed by atoms with E-state index >= 15 is 0 Å². The molecule has 0 aromatic heterocycles. The van der Waals surface area contributed by atoms with E-state index in [0.717, 1.165) is 16.9 Å². The summed E-state index contributed by atoms with van der Waals surface area (Å²) < 4.78 is 11.1. The highest BCUT2D eigenvalue weighted by molar-refractivity contribution is 6.14. The van der Waals surface area contributed by atoms with Gasteiger partial charge in [-0.3, -0.25) is 0 Å². The van der Waals surface area contributed by atoms with Gasteiger partial charge in [-0.1, -0.05) is 121 Å². The lowest BCUT2D eigenvalue weighted by Crippen LogP contribution is -1.90. The Balaban J connectivity index is 1.31. The van der Waals surface area contributed by atoms with Crippen molar-refractivity contribution in [2.75, 3.05) is 14.2 Å². The van der Waals surface area contributed by atoms with Gasteiger partial charge in [0.1, 0.15) is 11.5 Å². The average molecular weight is 567 g/mol. The van der Waals surface area contributed by atoms with Crippen molar-refractivity contribution < 1.29 is 9.47 Å². The van der Waals surface area contributed by atoms with Crippen LogP contribution in [0.3, 0.4) is 0 Å². The highest BCUT2D eigenvalue weighted by atomic mass is 16.5. The van der Waals surface area contributed by atoms with E-state index in [4.69, 9.17) is 9.47 Å². The molecule has 0 fully saturated rings. The molecule has 0 aliphatic rings. The van der Waals surface area contributed by atoms with Crippen LogP contribution >= 0.6 is 0 Å². The van der Waals surface area contributed by atoms with Crippen LogP contribution in [0.1, 0.15) is 0 Å². The van der Waals surface area contributed by atoms with Gasteiger partial charge < -0.3 is 9.47 Å². The van der Waals surface area contributed by atoms with Gasteiger partial charge in [-0.2, -0.15) is 0 Å². The summed E-state index contributed by atoms with van der Waals surface area (Å²) in [5.41, 5.74) is 7.33. The summed E-state index contributed by atoms with van der Waals surface area (Å²) in [5, 5.41) is 9.64. The molecule has 2 nitrogen and oxygen atoms in total. The molecule has 8 rings (SSSR count). The number of fused-ring (bicyclic) bond motifs is 4. The van der Waals surface area contributed by atoms with Crippen molar-refractivity contribution in [1.82, 2.24) is 0 Å². The minimum absolute atomic E-state index is 0.874. The zero-order valence-electron chi connectivity index (χ0n) is 24.7. The third kappa shape index (κ3) is 4.19. The number of hydrogen-bond donors (Lipinski definition) is 0. The molecule has 0 amide bonds. The van der Waals surface area contributed by atoms with E-state index in [1.807, 2.05) is 6.07 Å². The molecule has 0 bridgehead atoms. The fourth-order valence-corrected chi connectivity index (χ4v) is 6.77. The first-order valence-electron chi connectivity index (χ1n) is 14.9. The molecule has 0 atom stereocenters. The minimum atomic E-state index is 0.874. The number of rotatable bonds is 5. The standard InChI is InChI=1S/C42H30O2/c1-43-30-20-19-27-25-29(18-17-28(27)26-30)31-21-22-39(33-10-4-3-9-32(31)33)36-15-7-14-35-34(36)13-8-16-37(35)40-23-24-42(44-2)41-12-6-5-11-38(40)41/h3-26H,1-2H3. The van der Waals surface area contributed by atoms with Crippen molar-refractivity contribution in [3.05, 3.63) is 146 Å². The van der Waals surface area contributed by atoms with Crippen LogP contribution in [0.15, 0.2) is 146 Å². The first kappa shape index (κ1) is 26.1. The Bertz CT molecular complexity index is 2370. The third-order valence-corrected chi connectivity index (χ3v) is 8.89. The van der Waals surface area contributed by atoms with Crippen LogP contribution in [0.25, 0.3) is 76.5 Å². The van der Waals surface area contributed by atoms with E-state index in [2.05, 4.69) is 140 Å². The normalized spacial score (nSPS) is 11.4. The second-order valence-corrected chi connectivity index (χ2v) is 11.2. The van der Waals surface area contributed by atoms with Gasteiger partial charge in [-0.05, 0) is 95.3 Å². The molecule has 0 spiro atoms. The van der Waals surface area contributed by atoms with Gasteiger partial charge in [0, 0.05) is 5.39 Å². The van der Waals surface area contributed by atoms with E-state index in [1.54, 1.807) is 14.2 Å². The van der Waals surface area contributed by atoms with Crippen LogP contribution in [-0.4, -0.2) is 14.2 Å². The van der Waals surface area contributed by atoms with Crippen molar-refractivity contribution in [3.8, 4) is 44.9 Å². The number of ether oxygens (including phenoxy) is 2. The maximum Gasteiger partial charge on any atom is 0.126 e. The van der Waals surface area contributed by atoms with Gasteiger partial charge in [-0.15, -0.1) is 0 Å². The summed E-state index contributed by atoms with van der Waals surface area (Å²) in [6, 6.07) is 52.4. The van der Waals surface area contributed by atoms with Crippen LogP contribution in [0.2, 0.25) is 0 Å². The second kappa shape index (κ2) is 10.6. The van der Waals surface area contributed by atoms with E-state index in [-0.39, 0.29) is 0 Å². The lowest BCUT2D eigenvalue weighted by atomic mass is 9.87. The van der Waals surface area contributed by atoms with E-state index in [0.29, 0.717) is 0 Å². The van der Waals surface area contributed by atoms with Gasteiger partial charge >= 0.3 is 0 Å². The van der Waals surface area contributed by atoms with E-state index in [9.17, 15) is 0 Å². The first-order chi connectivity index (χ1) is 21.7. The minimum Gasteiger partial charge on any atom is -0.497 e. The summed E-state index contributed by atoms with van der Waals surface area (Å²) in [7, 11) is 3.44. The Morgan fingerprint density at radius 3 is 1.45 bits per heavy atom. The van der Waals surface area contributed by atoms with Gasteiger partial charge in [0.2, 0.25) is 0 Å². The smallest absolute Gasteiger partial charge is 0.126 e. The molecular weight excluding hydrogens is 536 g/mol. The highest BCUT2D eigenvalue weighted by Gasteiger charge is 2.15. The quantitative estimate of drug-likeness (QED) is 0.206. The van der Waals surface area contributed by atoms with Crippen LogP contribution in [-0.2, 0) is 0 Å². The van der Waals surface area contributed by atoms with Crippen molar-refractivity contribution in [2.45, 2.75) is 0 Å². The maximum atomic E-state index is 5.69. The molecule has 0 saturated heterocycles. The van der Waals surface area contributed by atoms with Gasteiger partial charge in [0.05, 0.1) is 14.2 Å². The lowest BCUT2D eigenvalue weighted by Gasteiger charge is -2.16. The fraction of sp³-hybridized carbons (Fsp3) is 0.0476. The Hall–Kier alpha value is -5.60. The summed E-state index contributed by atoms with van der Waals surface area (Å²) in [6.07, 6.45) is 0. The molecule has 0 N–H and O–H groups in total. The maximum absolute atomic E-state index is 5.69. The molecule has 0 saturated carbocycles. The molecule has 0 radical (unpaired) electrons. The van der Waals surface area contributed by atoms with Crippen molar-refractivity contribution >= 4 is 43.1 Å². The van der Waals surface area contributed by atoms with E-state index < -0.39 is 0 Å². The molecule has 0 aliphatic heterocycles. The largest absolute Gasteiger partial charge is 0.497 e. The molecular formula is C42H30O2. The average Bonchev–Trinajstić information content (AvgIpc) is 3.09. The molecule has 8 aromatic rings. The summed E-state index contributed by atoms with van der Waals surface area (Å²) in [6.45, 7) is 0. The molecule has 210 valence electrons. The SMILES string of the molecule is COc1ccc2cc(-c3ccc(-c4cccc5c(-c6ccc(OC)c7ccccc67)cccc45)c4ccccc34)ccc2c1. The zero-order valence-corrected chi connectivity index (χ0v) is 24.7. The van der Waals surface area contributed by atoms with Crippen LogP contribution in [0, 0.1) is 0 Å². The second-order valence-electron chi connectivity index (χ2n) is 11.2. The lowest BCUT2D eigenvalue weighted by molar-refractivity contribution is 0.415. The first-order valence-corrected chi connectivity index (χ1v) is 14.9. The topological polar surface area (TPSA) is 18.5 Å². The number of methoxy groups -OCH3 is 2. The molecule has 0 unspecified atom stereocenters. The highest BCUT2D eigenvalue weighted by Crippen LogP contribution is 2.42. The summed E-state index contributed by atoms with van der Waals surface area (Å²) >= 11 is 0. The molecule has 0 heterocycles. The van der Waals surface area contributed by atoms with Crippen LogP contribution < -0.4 is 9.47 Å². The monoisotopic (exact) mass is 566 g/mol. The van der Waals surface area contributed by atoms with Crippen LogP contribution in [0.4, 0.5) is 0 Å². The Kier molecular flexibility index (Phi) is 6.27. The fourth-order valence-electron chi connectivity index (χ4n) is 6.77. The zero-order chi connectivity index (χ0) is 29.6. The molecule has 8 aromatic carbocycles. The summed E-state index contributed by atoms with van der Waals surface area (Å²) in [5.74, 6) is 1.77. The number of benzene rings is 8. The van der Waals surface area contributed by atoms with Crippen molar-refractivity contribution in [3.63, 3.8) is 0 Å². The molecule has 0 aliphatic carbocycles. The van der Waals surface area contributed by atoms with Crippen molar-refractivity contribution in [2.24, 2.45) is 0 Å². The molecule has 2 heteroatoms. The molecule has 44 heavy (non-hydrogen) atoms. The van der Waals surface area contributed by atoms with E-state index in [1.165, 1.54) is 71.1 Å². The predicted molar refractivity (Wildman–Crippen MR) is 186 cm³/mol. The predicted octanol–water partition coefficient (Wildman–Crippen LogP) is 11.3. The van der Waals surface area contributed by atoms with Crippen molar-refractivity contribution in [1.29, 1.82) is 0 Å². The Morgan fingerprint density at radius 2 is 0.818 bits per heavy atom. The summed E-state index contributed by atoms with van der Waals surface area (Å²) in [4.78, 5) is 0. The van der Waals surface area contributed by atoms with Gasteiger partial charge in [-0.25, -0.2) is 0 Å². The van der Waals surface area contributed by atoms with Gasteiger partial charge in [0.15, 0.2) is 0 Å².